The van der Waals surface area contributed by atoms with Crippen LogP contribution < -0.4 is 0 Å². The van der Waals surface area contributed by atoms with E-state index in [1.807, 2.05) is 0 Å². The van der Waals surface area contributed by atoms with Crippen LogP contribution in [0.4, 0.5) is 11.4 Å². The predicted octanol–water partition coefficient (Wildman–Crippen LogP) is 2.34. The second kappa shape index (κ2) is 4.39. The highest BCUT2D eigenvalue weighted by molar-refractivity contribution is 7.93. The number of nitro groups is 1. The fraction of sp³-hybridized carbons (Fsp3) is 0.333. The van der Waals surface area contributed by atoms with Crippen molar-refractivity contribution in [3.63, 3.8) is 0 Å². The van der Waals surface area contributed by atoms with Crippen LogP contribution in [0.25, 0.3) is 0 Å². The zero-order chi connectivity index (χ0) is 11.5. The van der Waals surface area contributed by atoms with Crippen molar-refractivity contribution in [3.05, 3.63) is 34.4 Å². The Balaban J connectivity index is 3.06. The van der Waals surface area contributed by atoms with Gasteiger partial charge in [-0.05, 0) is 12.1 Å². The Bertz CT molecular complexity index is 473. The van der Waals surface area contributed by atoms with Gasteiger partial charge in [0.1, 0.15) is 0 Å². The Morgan fingerprint density at radius 2 is 1.93 bits per heavy atom. The van der Waals surface area contributed by atoms with E-state index in [-0.39, 0.29) is 5.69 Å². The number of nitro benzene ring substituents is 1. The fourth-order valence-electron chi connectivity index (χ4n) is 0.923. The summed E-state index contributed by atoms with van der Waals surface area (Å²) < 4.78 is 15.7. The van der Waals surface area contributed by atoms with Gasteiger partial charge >= 0.3 is 0 Å². The van der Waals surface area contributed by atoms with Gasteiger partial charge in [-0.2, -0.15) is 4.36 Å². The Hall–Kier alpha value is -1.43. The molecule has 0 amide bonds. The van der Waals surface area contributed by atoms with Gasteiger partial charge in [-0.25, -0.2) is 4.21 Å². The molecule has 0 fully saturated rings. The van der Waals surface area contributed by atoms with Gasteiger partial charge in [0.2, 0.25) is 0 Å². The van der Waals surface area contributed by atoms with Crippen molar-refractivity contribution >= 4 is 21.1 Å². The van der Waals surface area contributed by atoms with Crippen LogP contribution in [-0.2, 0) is 9.73 Å². The second-order valence-electron chi connectivity index (χ2n) is 3.11. The summed E-state index contributed by atoms with van der Waals surface area (Å²) in [5.74, 6) is 0.462. The van der Waals surface area contributed by atoms with Gasteiger partial charge in [-0.3, -0.25) is 10.1 Å². The summed E-state index contributed by atoms with van der Waals surface area (Å²) in [6.45, 7) is 1.79. The Labute approximate surface area is 88.5 Å². The molecule has 1 aromatic carbocycles. The van der Waals surface area contributed by atoms with Crippen molar-refractivity contribution in [2.45, 2.75) is 6.92 Å². The smallest absolute Gasteiger partial charge is 0.258 e. The summed E-state index contributed by atoms with van der Waals surface area (Å²) in [7, 11) is -2.20. The topological polar surface area (TPSA) is 72.6 Å². The minimum absolute atomic E-state index is 0.00745. The van der Waals surface area contributed by atoms with Crippen LogP contribution in [0.2, 0.25) is 0 Å². The first kappa shape index (κ1) is 11.6. The van der Waals surface area contributed by atoms with Crippen molar-refractivity contribution in [2.24, 2.45) is 4.36 Å². The highest BCUT2D eigenvalue weighted by atomic mass is 32.2. The largest absolute Gasteiger partial charge is 0.269 e. The summed E-state index contributed by atoms with van der Waals surface area (Å²) in [4.78, 5) is 9.89. The van der Waals surface area contributed by atoms with Crippen LogP contribution in [0.1, 0.15) is 6.92 Å². The van der Waals surface area contributed by atoms with Gasteiger partial charge in [0.25, 0.3) is 5.69 Å². The third-order valence-corrected chi connectivity index (χ3v) is 3.56. The lowest BCUT2D eigenvalue weighted by molar-refractivity contribution is -0.384. The van der Waals surface area contributed by atoms with Crippen LogP contribution in [0.15, 0.2) is 28.6 Å². The SMILES string of the molecule is CC[S@@](C)(=O)=Nc1ccc([N+](=O)[O-])cc1. The maximum atomic E-state index is 11.6. The summed E-state index contributed by atoms with van der Waals surface area (Å²) in [5, 5.41) is 10.4. The van der Waals surface area contributed by atoms with Crippen molar-refractivity contribution in [1.29, 1.82) is 0 Å². The molecule has 1 atom stereocenters. The molecule has 0 spiro atoms. The molecule has 0 saturated carbocycles. The number of hydrogen-bond acceptors (Lipinski definition) is 4. The lowest BCUT2D eigenvalue weighted by atomic mass is 10.3. The minimum Gasteiger partial charge on any atom is -0.258 e. The van der Waals surface area contributed by atoms with Gasteiger partial charge in [-0.1, -0.05) is 6.92 Å². The van der Waals surface area contributed by atoms with E-state index >= 15 is 0 Å². The first-order chi connectivity index (χ1) is 6.94. The number of nitrogens with zero attached hydrogens (tertiary/aromatic N) is 2. The third kappa shape index (κ3) is 3.32. The minimum atomic E-state index is -2.20. The lowest BCUT2D eigenvalue weighted by Crippen LogP contribution is -1.97. The standard InChI is InChI=1S/C9H12N2O3S/c1-3-15(2,14)10-8-4-6-9(7-5-8)11(12)13/h4-7H,3H2,1-2H3/t15-/m1/s1. The third-order valence-electron chi connectivity index (χ3n) is 1.89. The van der Waals surface area contributed by atoms with Crippen molar-refractivity contribution in [2.75, 3.05) is 12.0 Å². The number of rotatable bonds is 3. The zero-order valence-corrected chi connectivity index (χ0v) is 9.36. The highest BCUT2D eigenvalue weighted by Crippen LogP contribution is 2.19. The highest BCUT2D eigenvalue weighted by Gasteiger charge is 2.04. The molecule has 0 aliphatic heterocycles. The van der Waals surface area contributed by atoms with E-state index in [4.69, 9.17) is 0 Å². The van der Waals surface area contributed by atoms with Gasteiger partial charge in [-0.15, -0.1) is 0 Å². The molecule has 6 heteroatoms. The molecular weight excluding hydrogens is 216 g/mol. The van der Waals surface area contributed by atoms with E-state index in [1.54, 1.807) is 13.2 Å². The number of non-ortho nitro benzene ring substituents is 1. The van der Waals surface area contributed by atoms with E-state index < -0.39 is 14.7 Å². The molecule has 5 nitrogen and oxygen atoms in total. The summed E-state index contributed by atoms with van der Waals surface area (Å²) in [6.07, 6.45) is 1.56. The molecule has 0 aliphatic rings. The summed E-state index contributed by atoms with van der Waals surface area (Å²) in [5.41, 5.74) is 0.517. The molecule has 0 aliphatic carbocycles. The van der Waals surface area contributed by atoms with Crippen LogP contribution in [0, 0.1) is 10.1 Å². The Morgan fingerprint density at radius 3 is 2.33 bits per heavy atom. The first-order valence-electron chi connectivity index (χ1n) is 4.39. The predicted molar refractivity (Wildman–Crippen MR) is 59.8 cm³/mol. The fourth-order valence-corrected chi connectivity index (χ4v) is 1.62. The second-order valence-corrected chi connectivity index (χ2v) is 5.79. The van der Waals surface area contributed by atoms with Gasteiger partial charge in [0.15, 0.2) is 0 Å². The first-order valence-corrected chi connectivity index (χ1v) is 6.48. The van der Waals surface area contributed by atoms with Crippen molar-refractivity contribution in [1.82, 2.24) is 0 Å². The monoisotopic (exact) mass is 228 g/mol. The molecule has 1 rings (SSSR count). The molecule has 0 bridgehead atoms. The van der Waals surface area contributed by atoms with Crippen molar-refractivity contribution in [3.8, 4) is 0 Å². The zero-order valence-electron chi connectivity index (χ0n) is 8.54. The maximum absolute atomic E-state index is 11.6. The molecule has 15 heavy (non-hydrogen) atoms. The normalized spacial score (nSPS) is 14.3. The molecule has 0 heterocycles. The van der Waals surface area contributed by atoms with E-state index in [0.717, 1.165) is 0 Å². The van der Waals surface area contributed by atoms with Crippen LogP contribution in [0.5, 0.6) is 0 Å². The molecular formula is C9H12N2O3S. The molecule has 82 valence electrons. The maximum Gasteiger partial charge on any atom is 0.269 e. The van der Waals surface area contributed by atoms with Gasteiger partial charge in [0.05, 0.1) is 10.6 Å². The average Bonchev–Trinajstić information content (AvgIpc) is 2.18. The summed E-state index contributed by atoms with van der Waals surface area (Å²) in [6, 6.07) is 5.70. The van der Waals surface area contributed by atoms with E-state index in [2.05, 4.69) is 4.36 Å². The molecule has 0 saturated heterocycles. The molecule has 0 aromatic heterocycles. The summed E-state index contributed by atoms with van der Waals surface area (Å²) >= 11 is 0. The van der Waals surface area contributed by atoms with Gasteiger partial charge in [0, 0.05) is 33.9 Å². The number of hydrogen-bond donors (Lipinski definition) is 0. The Kier molecular flexibility index (Phi) is 3.41. The molecule has 1 aromatic rings. The van der Waals surface area contributed by atoms with Crippen LogP contribution >= 0.6 is 0 Å². The quantitative estimate of drug-likeness (QED) is 0.588. The van der Waals surface area contributed by atoms with E-state index in [0.29, 0.717) is 11.4 Å². The van der Waals surface area contributed by atoms with E-state index in [1.165, 1.54) is 24.3 Å². The Morgan fingerprint density at radius 1 is 1.40 bits per heavy atom. The van der Waals surface area contributed by atoms with Gasteiger partial charge < -0.3 is 0 Å². The average molecular weight is 228 g/mol. The van der Waals surface area contributed by atoms with Crippen molar-refractivity contribution < 1.29 is 9.13 Å². The molecule has 0 unspecified atom stereocenters. The molecule has 0 N–H and O–H groups in total. The van der Waals surface area contributed by atoms with Crippen LogP contribution in [0.3, 0.4) is 0 Å². The van der Waals surface area contributed by atoms with Crippen LogP contribution in [-0.4, -0.2) is 21.1 Å². The number of benzene rings is 1. The van der Waals surface area contributed by atoms with E-state index in [9.17, 15) is 14.3 Å². The lowest BCUT2D eigenvalue weighted by Gasteiger charge is -1.99. The molecule has 0 radical (unpaired) electrons.